The molecule has 2 aliphatic rings. The number of rotatable bonds is 2. The van der Waals surface area contributed by atoms with Gasteiger partial charge < -0.3 is 10.2 Å². The van der Waals surface area contributed by atoms with E-state index in [1.165, 1.54) is 40.7 Å². The Labute approximate surface area is 124 Å². The number of aromatic nitrogens is 1. The summed E-state index contributed by atoms with van der Waals surface area (Å²) in [5.74, 6) is 1.23. The molecule has 3 nitrogen and oxygen atoms in total. The normalized spacial score (nSPS) is 31.3. The largest absolute Gasteiger partial charge is 0.343 e. The van der Waals surface area contributed by atoms with Crippen molar-refractivity contribution in [2.75, 3.05) is 24.2 Å². The average Bonchev–Trinajstić information content (AvgIpc) is 2.85. The van der Waals surface area contributed by atoms with Crippen LogP contribution in [0.25, 0.3) is 0 Å². The summed E-state index contributed by atoms with van der Waals surface area (Å²) in [5.41, 5.74) is 1.33. The van der Waals surface area contributed by atoms with E-state index in [2.05, 4.69) is 42.9 Å². The van der Waals surface area contributed by atoms with E-state index in [-0.39, 0.29) is 0 Å². The van der Waals surface area contributed by atoms with E-state index in [0.29, 0.717) is 17.3 Å². The van der Waals surface area contributed by atoms with Crippen molar-refractivity contribution in [1.29, 1.82) is 0 Å². The number of nitrogens with zero attached hydrogens (tertiary/aromatic N) is 2. The molecule has 1 aliphatic heterocycles. The molecule has 0 amide bonds. The van der Waals surface area contributed by atoms with Gasteiger partial charge in [0.1, 0.15) is 0 Å². The van der Waals surface area contributed by atoms with Crippen LogP contribution in [0.1, 0.15) is 43.3 Å². The highest BCUT2D eigenvalue weighted by Crippen LogP contribution is 2.39. The molecular formula is C14H23N3S2. The maximum atomic E-state index is 4.98. The number of fused-ring (bicyclic) bond motifs is 1. The molecule has 0 bridgehead atoms. The Kier molecular flexibility index (Phi) is 4.06. The minimum Gasteiger partial charge on any atom is -0.343 e. The van der Waals surface area contributed by atoms with E-state index in [4.69, 9.17) is 4.98 Å². The maximum absolute atomic E-state index is 4.98. The fraction of sp³-hybridized carbons (Fsp3) is 0.786. The fourth-order valence-electron chi connectivity index (χ4n) is 3.01. The standard InChI is InChI=1S/C14H23N3S2/c1-9-10(2)18-8-7-17(9)14-16-13-11(15-3)5-4-6-12(13)19-14/h9-11,15H,4-8H2,1-3H3. The van der Waals surface area contributed by atoms with Gasteiger partial charge in [0.25, 0.3) is 0 Å². The zero-order valence-electron chi connectivity index (χ0n) is 12.0. The van der Waals surface area contributed by atoms with Crippen LogP contribution in [0.2, 0.25) is 0 Å². The van der Waals surface area contributed by atoms with Crippen LogP contribution in [-0.4, -0.2) is 35.6 Å². The summed E-state index contributed by atoms with van der Waals surface area (Å²) in [6.45, 7) is 5.82. The van der Waals surface area contributed by atoms with E-state index >= 15 is 0 Å². The summed E-state index contributed by atoms with van der Waals surface area (Å²) in [5, 5.41) is 5.38. The van der Waals surface area contributed by atoms with Gasteiger partial charge in [-0.3, -0.25) is 0 Å². The molecule has 1 fully saturated rings. The number of hydrogen-bond acceptors (Lipinski definition) is 5. The Balaban J connectivity index is 1.87. The molecule has 3 rings (SSSR count). The highest BCUT2D eigenvalue weighted by atomic mass is 32.2. The van der Waals surface area contributed by atoms with Crippen molar-refractivity contribution in [1.82, 2.24) is 10.3 Å². The fourth-order valence-corrected chi connectivity index (χ4v) is 5.39. The van der Waals surface area contributed by atoms with E-state index in [1.54, 1.807) is 0 Å². The van der Waals surface area contributed by atoms with E-state index in [0.717, 1.165) is 6.54 Å². The third-order valence-electron chi connectivity index (χ3n) is 4.42. The molecule has 19 heavy (non-hydrogen) atoms. The second-order valence-corrected chi connectivity index (χ2v) is 8.10. The first-order chi connectivity index (χ1) is 9.20. The Morgan fingerprint density at radius 1 is 1.37 bits per heavy atom. The Morgan fingerprint density at radius 2 is 2.21 bits per heavy atom. The predicted octanol–water partition coefficient (Wildman–Crippen LogP) is 3.07. The SMILES string of the molecule is CNC1CCCc2sc(N3CCSC(C)C3C)nc21. The van der Waals surface area contributed by atoms with Gasteiger partial charge >= 0.3 is 0 Å². The lowest BCUT2D eigenvalue weighted by Gasteiger charge is -2.37. The van der Waals surface area contributed by atoms with Gasteiger partial charge in [-0.05, 0) is 33.2 Å². The molecule has 1 aromatic heterocycles. The lowest BCUT2D eigenvalue weighted by molar-refractivity contribution is 0.489. The molecule has 5 heteroatoms. The van der Waals surface area contributed by atoms with Crippen LogP contribution in [0, 0.1) is 0 Å². The van der Waals surface area contributed by atoms with Gasteiger partial charge in [-0.25, -0.2) is 4.98 Å². The quantitative estimate of drug-likeness (QED) is 0.908. The predicted molar refractivity (Wildman–Crippen MR) is 85.6 cm³/mol. The number of hydrogen-bond donors (Lipinski definition) is 1. The van der Waals surface area contributed by atoms with Gasteiger partial charge in [-0.15, -0.1) is 11.3 Å². The zero-order chi connectivity index (χ0) is 13.4. The molecule has 1 aromatic rings. The minimum atomic E-state index is 0.473. The summed E-state index contributed by atoms with van der Waals surface area (Å²) in [6, 6.07) is 1.07. The summed E-state index contributed by atoms with van der Waals surface area (Å²) in [4.78, 5) is 9.02. The van der Waals surface area contributed by atoms with Gasteiger partial charge in [-0.2, -0.15) is 11.8 Å². The average molecular weight is 297 g/mol. The monoisotopic (exact) mass is 297 g/mol. The second-order valence-electron chi connectivity index (χ2n) is 5.55. The molecule has 0 saturated carbocycles. The van der Waals surface area contributed by atoms with Crippen molar-refractivity contribution >= 4 is 28.2 Å². The summed E-state index contributed by atoms with van der Waals surface area (Å²) < 4.78 is 0. The van der Waals surface area contributed by atoms with E-state index in [9.17, 15) is 0 Å². The number of nitrogens with one attached hydrogen (secondary N) is 1. The van der Waals surface area contributed by atoms with Crippen LogP contribution in [-0.2, 0) is 6.42 Å². The van der Waals surface area contributed by atoms with E-state index in [1.807, 2.05) is 11.3 Å². The molecule has 0 spiro atoms. The number of anilines is 1. The van der Waals surface area contributed by atoms with Crippen molar-refractivity contribution < 1.29 is 0 Å². The van der Waals surface area contributed by atoms with Gasteiger partial charge in [0.05, 0.1) is 11.7 Å². The van der Waals surface area contributed by atoms with Crippen molar-refractivity contribution in [2.24, 2.45) is 0 Å². The van der Waals surface area contributed by atoms with Gasteiger partial charge in [-0.1, -0.05) is 6.92 Å². The minimum absolute atomic E-state index is 0.473. The molecule has 3 atom stereocenters. The number of thioether (sulfide) groups is 1. The molecule has 1 N–H and O–H groups in total. The second kappa shape index (κ2) is 5.62. The Bertz CT molecular complexity index is 446. The van der Waals surface area contributed by atoms with Gasteiger partial charge in [0.15, 0.2) is 5.13 Å². The van der Waals surface area contributed by atoms with Crippen molar-refractivity contribution in [2.45, 2.75) is 50.4 Å². The maximum Gasteiger partial charge on any atom is 0.186 e. The lowest BCUT2D eigenvalue weighted by Crippen LogP contribution is -2.44. The molecule has 1 saturated heterocycles. The van der Waals surface area contributed by atoms with Crippen molar-refractivity contribution in [3.05, 3.63) is 10.6 Å². The first-order valence-corrected chi connectivity index (χ1v) is 9.12. The molecule has 0 aromatic carbocycles. The topological polar surface area (TPSA) is 28.2 Å². The van der Waals surface area contributed by atoms with Crippen molar-refractivity contribution in [3.8, 4) is 0 Å². The van der Waals surface area contributed by atoms with Crippen LogP contribution in [0.3, 0.4) is 0 Å². The van der Waals surface area contributed by atoms with Crippen LogP contribution in [0.15, 0.2) is 0 Å². The number of aryl methyl sites for hydroxylation is 1. The number of thiazole rings is 1. The molecule has 106 valence electrons. The summed E-state index contributed by atoms with van der Waals surface area (Å²) in [6.07, 6.45) is 3.74. The third kappa shape index (κ3) is 2.52. The first kappa shape index (κ1) is 13.7. The third-order valence-corrected chi connectivity index (χ3v) is 6.93. The Morgan fingerprint density at radius 3 is 3.00 bits per heavy atom. The summed E-state index contributed by atoms with van der Waals surface area (Å²) >= 11 is 4.02. The van der Waals surface area contributed by atoms with Crippen LogP contribution in [0.4, 0.5) is 5.13 Å². The highest BCUT2D eigenvalue weighted by molar-refractivity contribution is 8.00. The molecule has 1 aliphatic carbocycles. The Hall–Kier alpha value is -0.260. The highest BCUT2D eigenvalue weighted by Gasteiger charge is 2.30. The van der Waals surface area contributed by atoms with Gasteiger partial charge in [0, 0.05) is 28.5 Å². The molecule has 3 unspecified atom stereocenters. The molecule has 0 radical (unpaired) electrons. The smallest absolute Gasteiger partial charge is 0.186 e. The van der Waals surface area contributed by atoms with Crippen LogP contribution >= 0.6 is 23.1 Å². The lowest BCUT2D eigenvalue weighted by atomic mass is 9.98. The van der Waals surface area contributed by atoms with Crippen LogP contribution in [0.5, 0.6) is 0 Å². The molecular weight excluding hydrogens is 274 g/mol. The van der Waals surface area contributed by atoms with Gasteiger partial charge in [0.2, 0.25) is 0 Å². The zero-order valence-corrected chi connectivity index (χ0v) is 13.6. The summed E-state index contributed by atoms with van der Waals surface area (Å²) in [7, 11) is 2.06. The first-order valence-electron chi connectivity index (χ1n) is 7.26. The van der Waals surface area contributed by atoms with Crippen molar-refractivity contribution in [3.63, 3.8) is 0 Å². The molecule has 2 heterocycles. The van der Waals surface area contributed by atoms with E-state index < -0.39 is 0 Å². The van der Waals surface area contributed by atoms with Crippen LogP contribution < -0.4 is 10.2 Å².